The fourth-order valence-electron chi connectivity index (χ4n) is 1.41. The third-order valence-corrected chi connectivity index (χ3v) is 5.63. The second-order valence-corrected chi connectivity index (χ2v) is 7.28. The maximum Gasteiger partial charge on any atom is 0.0931 e. The maximum atomic E-state index is 6.19. The van der Waals surface area contributed by atoms with Crippen LogP contribution >= 0.6 is 34.7 Å². The van der Waals surface area contributed by atoms with Crippen molar-refractivity contribution in [2.45, 2.75) is 38.5 Å². The molecule has 0 saturated heterocycles. The minimum absolute atomic E-state index is 0.221. The molecule has 0 bridgehead atoms. The largest absolute Gasteiger partial charge is 0.326 e. The topological polar surface area (TPSA) is 26.0 Å². The van der Waals surface area contributed by atoms with Gasteiger partial charge in [0.25, 0.3) is 0 Å². The van der Waals surface area contributed by atoms with Gasteiger partial charge in [0, 0.05) is 10.9 Å². The van der Waals surface area contributed by atoms with E-state index in [2.05, 4.69) is 26.8 Å². The highest BCUT2D eigenvalue weighted by atomic mass is 35.5. The van der Waals surface area contributed by atoms with Gasteiger partial charge in [0.2, 0.25) is 0 Å². The molecule has 1 heterocycles. The van der Waals surface area contributed by atoms with E-state index in [0.29, 0.717) is 11.2 Å². The van der Waals surface area contributed by atoms with Gasteiger partial charge >= 0.3 is 0 Å². The van der Waals surface area contributed by atoms with Crippen molar-refractivity contribution < 1.29 is 0 Å². The van der Waals surface area contributed by atoms with Gasteiger partial charge in [0.05, 0.1) is 9.59 Å². The van der Waals surface area contributed by atoms with Crippen LogP contribution in [0.15, 0.2) is 12.1 Å². The summed E-state index contributed by atoms with van der Waals surface area (Å²) in [5.41, 5.74) is 6.19. The number of thiophene rings is 1. The monoisotopic (exact) mass is 277 g/mol. The van der Waals surface area contributed by atoms with Crippen LogP contribution in [0.5, 0.6) is 0 Å². The van der Waals surface area contributed by atoms with E-state index in [-0.39, 0.29) is 6.04 Å². The van der Waals surface area contributed by atoms with E-state index in [0.717, 1.165) is 16.5 Å². The Morgan fingerprint density at radius 3 is 2.56 bits per heavy atom. The molecule has 1 rings (SSSR count). The zero-order valence-corrected chi connectivity index (χ0v) is 12.5. The number of hydrogen-bond acceptors (Lipinski definition) is 3. The minimum atomic E-state index is 0.221. The molecule has 2 unspecified atom stereocenters. The van der Waals surface area contributed by atoms with Gasteiger partial charge in [0.1, 0.15) is 0 Å². The number of rotatable bonds is 6. The Hall–Kier alpha value is 0.300. The van der Waals surface area contributed by atoms with Crippen molar-refractivity contribution in [2.75, 3.05) is 5.75 Å². The zero-order valence-electron chi connectivity index (χ0n) is 10.1. The smallest absolute Gasteiger partial charge is 0.0931 e. The lowest BCUT2D eigenvalue weighted by molar-refractivity contribution is 0.636. The van der Waals surface area contributed by atoms with E-state index in [1.54, 1.807) is 11.3 Å². The molecule has 0 fully saturated rings. The van der Waals surface area contributed by atoms with Crippen LogP contribution in [0.25, 0.3) is 0 Å². The highest BCUT2D eigenvalue weighted by molar-refractivity contribution is 7.99. The highest BCUT2D eigenvalue weighted by Gasteiger charge is 2.21. The summed E-state index contributed by atoms with van der Waals surface area (Å²) >= 11 is 9.59. The summed E-state index contributed by atoms with van der Waals surface area (Å²) < 4.78 is 0.855. The molecule has 0 aliphatic carbocycles. The van der Waals surface area contributed by atoms with Gasteiger partial charge in [-0.05, 0) is 30.2 Å². The highest BCUT2D eigenvalue weighted by Crippen LogP contribution is 2.38. The Kier molecular flexibility index (Phi) is 6.19. The lowest BCUT2D eigenvalue weighted by Crippen LogP contribution is -2.25. The molecule has 1 nitrogen and oxygen atoms in total. The van der Waals surface area contributed by atoms with Crippen LogP contribution in [-0.2, 0) is 0 Å². The number of hydrogen-bond donors (Lipinski definition) is 1. The first-order valence-electron chi connectivity index (χ1n) is 5.67. The van der Waals surface area contributed by atoms with Crippen molar-refractivity contribution >= 4 is 34.7 Å². The Morgan fingerprint density at radius 2 is 2.12 bits per heavy atom. The van der Waals surface area contributed by atoms with Crippen molar-refractivity contribution in [3.05, 3.63) is 21.3 Å². The van der Waals surface area contributed by atoms with Gasteiger partial charge in [-0.3, -0.25) is 0 Å². The number of thioether (sulfide) groups is 1. The van der Waals surface area contributed by atoms with Crippen LogP contribution < -0.4 is 5.73 Å². The number of nitrogens with two attached hydrogens (primary N) is 1. The van der Waals surface area contributed by atoms with E-state index in [9.17, 15) is 0 Å². The SMILES string of the molecule is CCC(N)C(SCC(C)C)c1ccc(Cl)s1. The van der Waals surface area contributed by atoms with Gasteiger partial charge in [-0.25, -0.2) is 0 Å². The Morgan fingerprint density at radius 1 is 1.44 bits per heavy atom. The molecule has 0 amide bonds. The molecule has 4 heteroatoms. The van der Waals surface area contributed by atoms with Crippen LogP contribution in [0.4, 0.5) is 0 Å². The van der Waals surface area contributed by atoms with Crippen LogP contribution in [-0.4, -0.2) is 11.8 Å². The molecule has 0 aliphatic rings. The average molecular weight is 278 g/mol. The van der Waals surface area contributed by atoms with E-state index >= 15 is 0 Å². The first kappa shape index (κ1) is 14.4. The molecule has 2 atom stereocenters. The summed E-state index contributed by atoms with van der Waals surface area (Å²) in [6, 6.07) is 4.30. The summed E-state index contributed by atoms with van der Waals surface area (Å²) in [4.78, 5) is 1.31. The quantitative estimate of drug-likeness (QED) is 0.824. The van der Waals surface area contributed by atoms with Crippen molar-refractivity contribution in [1.82, 2.24) is 0 Å². The molecule has 16 heavy (non-hydrogen) atoms. The molecule has 1 aromatic heterocycles. The molecule has 0 aromatic carbocycles. The van der Waals surface area contributed by atoms with Crippen molar-refractivity contribution in [3.63, 3.8) is 0 Å². The molecule has 0 aliphatic heterocycles. The van der Waals surface area contributed by atoms with Crippen LogP contribution in [0.3, 0.4) is 0 Å². The normalized spacial score (nSPS) is 15.4. The van der Waals surface area contributed by atoms with Crippen LogP contribution in [0, 0.1) is 5.92 Å². The molecular weight excluding hydrogens is 258 g/mol. The lowest BCUT2D eigenvalue weighted by atomic mass is 10.1. The molecule has 1 aromatic rings. The minimum Gasteiger partial charge on any atom is -0.326 e. The third kappa shape index (κ3) is 4.28. The van der Waals surface area contributed by atoms with Crippen molar-refractivity contribution in [1.29, 1.82) is 0 Å². The van der Waals surface area contributed by atoms with Gasteiger partial charge in [-0.2, -0.15) is 11.8 Å². The summed E-state index contributed by atoms with van der Waals surface area (Å²) in [7, 11) is 0. The summed E-state index contributed by atoms with van der Waals surface area (Å²) in [6.45, 7) is 6.62. The Labute approximate surface area is 112 Å². The molecule has 0 spiro atoms. The first-order chi connectivity index (χ1) is 7.54. The molecule has 0 radical (unpaired) electrons. The predicted molar refractivity (Wildman–Crippen MR) is 77.6 cm³/mol. The summed E-state index contributed by atoms with van der Waals surface area (Å²) in [6.07, 6.45) is 1.01. The first-order valence-corrected chi connectivity index (χ1v) is 7.91. The van der Waals surface area contributed by atoms with E-state index < -0.39 is 0 Å². The predicted octanol–water partition coefficient (Wildman–Crippen LogP) is 4.57. The second kappa shape index (κ2) is 6.90. The van der Waals surface area contributed by atoms with Crippen molar-refractivity contribution in [3.8, 4) is 0 Å². The Bertz CT molecular complexity index is 312. The third-order valence-electron chi connectivity index (χ3n) is 2.34. The molecule has 2 N–H and O–H groups in total. The van der Waals surface area contributed by atoms with Crippen LogP contribution in [0.1, 0.15) is 37.3 Å². The van der Waals surface area contributed by atoms with Gasteiger partial charge in [0.15, 0.2) is 0 Å². The summed E-state index contributed by atoms with van der Waals surface area (Å²) in [5.74, 6) is 1.85. The Balaban J connectivity index is 2.71. The van der Waals surface area contributed by atoms with Crippen molar-refractivity contribution in [2.24, 2.45) is 11.7 Å². The molecule has 0 saturated carbocycles. The second-order valence-electron chi connectivity index (χ2n) is 4.36. The fourth-order valence-corrected chi connectivity index (χ4v) is 4.15. The van der Waals surface area contributed by atoms with Gasteiger partial charge in [-0.1, -0.05) is 32.4 Å². The van der Waals surface area contributed by atoms with Crippen LogP contribution in [0.2, 0.25) is 4.34 Å². The van der Waals surface area contributed by atoms with Gasteiger partial charge < -0.3 is 5.73 Å². The zero-order chi connectivity index (χ0) is 12.1. The maximum absolute atomic E-state index is 6.19. The fraction of sp³-hybridized carbons (Fsp3) is 0.667. The molecular formula is C12H20ClNS2. The standard InChI is InChI=1S/C12H20ClNS2/c1-4-9(14)12(15-7-8(2)3)10-5-6-11(13)16-10/h5-6,8-9,12H,4,7,14H2,1-3H3. The lowest BCUT2D eigenvalue weighted by Gasteiger charge is -2.22. The molecule has 92 valence electrons. The van der Waals surface area contributed by atoms with E-state index in [4.69, 9.17) is 17.3 Å². The van der Waals surface area contributed by atoms with Gasteiger partial charge in [-0.15, -0.1) is 11.3 Å². The number of halogens is 1. The van der Waals surface area contributed by atoms with E-state index in [1.165, 1.54) is 4.88 Å². The average Bonchev–Trinajstić information content (AvgIpc) is 2.64. The van der Waals surface area contributed by atoms with E-state index in [1.807, 2.05) is 17.8 Å². The summed E-state index contributed by atoms with van der Waals surface area (Å²) in [5, 5.41) is 0.393.